The van der Waals surface area contributed by atoms with Crippen molar-refractivity contribution in [2.75, 3.05) is 6.61 Å². The molecule has 168 valence electrons. The molecule has 0 radical (unpaired) electrons. The smallest absolute Gasteiger partial charge is 0.279 e. The van der Waals surface area contributed by atoms with Gasteiger partial charge in [-0.1, -0.05) is 35.9 Å². The van der Waals surface area contributed by atoms with E-state index in [1.54, 1.807) is 30.3 Å². The summed E-state index contributed by atoms with van der Waals surface area (Å²) >= 11 is 8.15. The average molecular weight is 498 g/mol. The first-order chi connectivity index (χ1) is 16.0. The number of hydrogen-bond donors (Lipinski definition) is 0. The van der Waals surface area contributed by atoms with Crippen LogP contribution in [-0.2, 0) is 10.0 Å². The molecule has 1 aliphatic heterocycles. The molecule has 0 N–H and O–H groups in total. The highest BCUT2D eigenvalue weighted by Crippen LogP contribution is 2.41. The number of fused-ring (bicyclic) bond motifs is 1. The highest BCUT2D eigenvalue weighted by Gasteiger charge is 2.39. The molecular formula is C24H20ClN3O3S2. The lowest BCUT2D eigenvalue weighted by molar-refractivity contribution is 0.340. The lowest BCUT2D eigenvalue weighted by Gasteiger charge is -2.24. The van der Waals surface area contributed by atoms with E-state index in [1.165, 1.54) is 15.8 Å². The monoisotopic (exact) mass is 497 g/mol. The second-order valence-electron chi connectivity index (χ2n) is 7.49. The topological polar surface area (TPSA) is 71.9 Å². The number of sulfonamides is 1. The van der Waals surface area contributed by atoms with Gasteiger partial charge in [-0.15, -0.1) is 11.3 Å². The second kappa shape index (κ2) is 8.78. The zero-order valence-corrected chi connectivity index (χ0v) is 20.1. The van der Waals surface area contributed by atoms with E-state index in [4.69, 9.17) is 16.3 Å². The summed E-state index contributed by atoms with van der Waals surface area (Å²) in [5.74, 6) is 0.707. The lowest BCUT2D eigenvalue weighted by Crippen LogP contribution is -2.27. The van der Waals surface area contributed by atoms with E-state index in [1.807, 2.05) is 48.7 Å². The van der Waals surface area contributed by atoms with Crippen molar-refractivity contribution in [3.05, 3.63) is 87.7 Å². The molecule has 4 aromatic rings. The van der Waals surface area contributed by atoms with Gasteiger partial charge in [0.15, 0.2) is 0 Å². The number of ether oxygens (including phenoxy) is 1. The Kier molecular flexibility index (Phi) is 5.82. The van der Waals surface area contributed by atoms with Crippen molar-refractivity contribution in [3.63, 3.8) is 0 Å². The molecule has 0 aliphatic carbocycles. The van der Waals surface area contributed by atoms with Gasteiger partial charge in [-0.3, -0.25) is 0 Å². The van der Waals surface area contributed by atoms with E-state index in [0.717, 1.165) is 10.3 Å². The minimum atomic E-state index is -3.90. The third-order valence-corrected chi connectivity index (χ3v) is 8.32. The van der Waals surface area contributed by atoms with Crippen LogP contribution in [0.4, 0.5) is 0 Å². The van der Waals surface area contributed by atoms with Gasteiger partial charge in [-0.05, 0) is 48.7 Å². The Hall–Kier alpha value is -2.94. The molecule has 0 saturated carbocycles. The molecular weight excluding hydrogens is 478 g/mol. The zero-order valence-electron chi connectivity index (χ0n) is 17.7. The lowest BCUT2D eigenvalue weighted by atomic mass is 10.0. The molecule has 5 rings (SSSR count). The fraction of sp³-hybridized carbons (Fsp3) is 0.167. The van der Waals surface area contributed by atoms with Crippen molar-refractivity contribution in [2.45, 2.75) is 24.3 Å². The molecule has 1 atom stereocenters. The van der Waals surface area contributed by atoms with Crippen molar-refractivity contribution in [1.82, 2.24) is 9.40 Å². The summed E-state index contributed by atoms with van der Waals surface area (Å²) < 4.78 is 33.9. The van der Waals surface area contributed by atoms with Crippen LogP contribution in [0.25, 0.3) is 10.9 Å². The molecule has 0 bridgehead atoms. The van der Waals surface area contributed by atoms with E-state index < -0.39 is 16.1 Å². The van der Waals surface area contributed by atoms with Gasteiger partial charge in [0, 0.05) is 23.4 Å². The first-order valence-corrected chi connectivity index (χ1v) is 13.1. The van der Waals surface area contributed by atoms with Crippen LogP contribution in [0.5, 0.6) is 5.75 Å². The van der Waals surface area contributed by atoms with Crippen molar-refractivity contribution < 1.29 is 13.2 Å². The zero-order chi connectivity index (χ0) is 23.0. The van der Waals surface area contributed by atoms with Crippen molar-refractivity contribution in [2.24, 2.45) is 5.10 Å². The van der Waals surface area contributed by atoms with Gasteiger partial charge in [0.25, 0.3) is 10.0 Å². The number of hydrogen-bond acceptors (Lipinski definition) is 6. The Morgan fingerprint density at radius 3 is 2.67 bits per heavy atom. The van der Waals surface area contributed by atoms with Crippen LogP contribution in [0.3, 0.4) is 0 Å². The third-order valence-electron chi connectivity index (χ3n) is 5.41. The van der Waals surface area contributed by atoms with Crippen LogP contribution >= 0.6 is 22.9 Å². The molecule has 0 fully saturated rings. The maximum absolute atomic E-state index is 13.6. The Morgan fingerprint density at radius 1 is 1.12 bits per heavy atom. The molecule has 3 heterocycles. The maximum Gasteiger partial charge on any atom is 0.279 e. The number of benzene rings is 2. The maximum atomic E-state index is 13.6. The van der Waals surface area contributed by atoms with Crippen LogP contribution < -0.4 is 4.74 Å². The Morgan fingerprint density at radius 2 is 1.94 bits per heavy atom. The normalized spacial score (nSPS) is 16.2. The van der Waals surface area contributed by atoms with E-state index in [-0.39, 0.29) is 10.0 Å². The highest BCUT2D eigenvalue weighted by molar-refractivity contribution is 7.89. The molecule has 33 heavy (non-hydrogen) atoms. The van der Waals surface area contributed by atoms with Crippen LogP contribution in [0.1, 0.15) is 29.8 Å². The molecule has 0 amide bonds. The van der Waals surface area contributed by atoms with Crippen molar-refractivity contribution in [1.29, 1.82) is 0 Å². The van der Waals surface area contributed by atoms with Crippen LogP contribution in [0.2, 0.25) is 5.15 Å². The molecule has 0 spiro atoms. The summed E-state index contributed by atoms with van der Waals surface area (Å²) in [5, 5.41) is 7.60. The SMILES string of the molecule is CCOc1ccc2cc(C3CC(c4cccs4)=NN3S(=O)(=O)c3ccccc3)c(Cl)nc2c1. The van der Waals surface area contributed by atoms with Crippen LogP contribution in [0.15, 0.2) is 82.1 Å². The Bertz CT molecular complexity index is 1440. The first kappa shape index (κ1) is 21.9. The predicted molar refractivity (Wildman–Crippen MR) is 132 cm³/mol. The minimum Gasteiger partial charge on any atom is -0.494 e. The highest BCUT2D eigenvalue weighted by atomic mass is 35.5. The largest absolute Gasteiger partial charge is 0.494 e. The van der Waals surface area contributed by atoms with Gasteiger partial charge in [0.2, 0.25) is 0 Å². The predicted octanol–water partition coefficient (Wildman–Crippen LogP) is 5.89. The number of thiophene rings is 1. The van der Waals surface area contributed by atoms with Crippen LogP contribution in [0, 0.1) is 0 Å². The number of hydrazone groups is 1. The molecule has 0 saturated heterocycles. The number of pyridine rings is 1. The Balaban J connectivity index is 1.62. The van der Waals surface area contributed by atoms with Gasteiger partial charge < -0.3 is 4.74 Å². The number of rotatable bonds is 6. The van der Waals surface area contributed by atoms with E-state index in [2.05, 4.69) is 10.1 Å². The summed E-state index contributed by atoms with van der Waals surface area (Å²) in [6.45, 7) is 2.47. The summed E-state index contributed by atoms with van der Waals surface area (Å²) in [6, 6.07) is 19.1. The quantitative estimate of drug-likeness (QED) is 0.311. The van der Waals surface area contributed by atoms with E-state index in [0.29, 0.717) is 35.6 Å². The van der Waals surface area contributed by atoms with Crippen molar-refractivity contribution in [3.8, 4) is 5.75 Å². The summed E-state index contributed by atoms with van der Waals surface area (Å²) in [5.41, 5.74) is 2.00. The molecule has 1 unspecified atom stereocenters. The van der Waals surface area contributed by atoms with Gasteiger partial charge in [0.05, 0.1) is 33.6 Å². The molecule has 2 aromatic heterocycles. The molecule has 2 aromatic carbocycles. The third kappa shape index (κ3) is 4.10. The standard InChI is InChI=1S/C24H20ClN3O3S2/c1-2-31-17-11-10-16-13-19(24(25)26-20(16)14-17)22-15-21(23-9-6-12-32-23)27-28(22)33(29,30)18-7-4-3-5-8-18/h3-14,22H,2,15H2,1H3. The molecule has 6 nitrogen and oxygen atoms in total. The van der Waals surface area contributed by atoms with Gasteiger partial charge in [-0.2, -0.15) is 17.9 Å². The average Bonchev–Trinajstić information content (AvgIpc) is 3.50. The summed E-state index contributed by atoms with van der Waals surface area (Å²) in [7, 11) is -3.90. The van der Waals surface area contributed by atoms with Gasteiger partial charge in [0.1, 0.15) is 10.9 Å². The van der Waals surface area contributed by atoms with Crippen molar-refractivity contribution >= 4 is 49.6 Å². The molecule has 9 heteroatoms. The van der Waals surface area contributed by atoms with Crippen LogP contribution in [-0.4, -0.2) is 30.1 Å². The minimum absolute atomic E-state index is 0.178. The number of nitrogens with zero attached hydrogens (tertiary/aromatic N) is 3. The fourth-order valence-electron chi connectivity index (χ4n) is 3.86. The number of aromatic nitrogens is 1. The first-order valence-electron chi connectivity index (χ1n) is 10.4. The van der Waals surface area contributed by atoms with Gasteiger partial charge >= 0.3 is 0 Å². The van der Waals surface area contributed by atoms with E-state index >= 15 is 0 Å². The van der Waals surface area contributed by atoms with E-state index in [9.17, 15) is 8.42 Å². The molecule has 1 aliphatic rings. The fourth-order valence-corrected chi connectivity index (χ4v) is 6.30. The summed E-state index contributed by atoms with van der Waals surface area (Å²) in [4.78, 5) is 5.66. The van der Waals surface area contributed by atoms with Gasteiger partial charge in [-0.25, -0.2) is 4.98 Å². The second-order valence-corrected chi connectivity index (χ2v) is 10.6. The number of halogens is 1. The Labute approximate surface area is 201 Å². The summed E-state index contributed by atoms with van der Waals surface area (Å²) in [6.07, 6.45) is 0.399.